The molecule has 1 fully saturated rings. The first-order chi connectivity index (χ1) is 14.3. The number of esters is 1. The number of carbonyl (C=O) groups excluding carboxylic acids is 1. The molecule has 30 heavy (non-hydrogen) atoms. The molecule has 162 valence electrons. The average molecular weight is 435 g/mol. The minimum Gasteiger partial charge on any atom is -0.454 e. The zero-order valence-corrected chi connectivity index (χ0v) is 17.5. The van der Waals surface area contributed by atoms with Crippen LogP contribution in [0.1, 0.15) is 15.9 Å². The normalized spacial score (nSPS) is 25.1. The van der Waals surface area contributed by atoms with Crippen molar-refractivity contribution in [3.05, 3.63) is 65.7 Å². The van der Waals surface area contributed by atoms with Gasteiger partial charge in [0, 0.05) is 13.7 Å². The van der Waals surface area contributed by atoms with Gasteiger partial charge in [0.2, 0.25) is 10.0 Å². The summed E-state index contributed by atoms with van der Waals surface area (Å²) in [5, 5.41) is 20.9. The molecule has 0 spiro atoms. The molecule has 0 unspecified atom stereocenters. The fraction of sp³-hybridized carbons (Fsp3) is 0.381. The van der Waals surface area contributed by atoms with Gasteiger partial charge in [-0.2, -0.15) is 4.31 Å². The van der Waals surface area contributed by atoms with Gasteiger partial charge in [0.1, 0.15) is 12.2 Å². The number of benzene rings is 2. The van der Waals surface area contributed by atoms with Crippen molar-refractivity contribution in [2.45, 2.75) is 36.2 Å². The van der Waals surface area contributed by atoms with Crippen molar-refractivity contribution >= 4 is 16.0 Å². The molecule has 0 saturated carbocycles. The molecule has 2 N–H and O–H groups in total. The van der Waals surface area contributed by atoms with E-state index in [1.54, 1.807) is 42.5 Å². The monoisotopic (exact) mass is 435 g/mol. The average Bonchev–Trinajstić information content (AvgIpc) is 2.74. The molecule has 1 heterocycles. The van der Waals surface area contributed by atoms with Crippen molar-refractivity contribution < 1.29 is 32.9 Å². The van der Waals surface area contributed by atoms with Crippen molar-refractivity contribution in [2.24, 2.45) is 0 Å². The number of aliphatic hydroxyl groups excluding tert-OH is 2. The Hall–Kier alpha value is -2.30. The van der Waals surface area contributed by atoms with Gasteiger partial charge in [-0.1, -0.05) is 35.9 Å². The Labute approximate surface area is 175 Å². The highest BCUT2D eigenvalue weighted by molar-refractivity contribution is 7.89. The van der Waals surface area contributed by atoms with Gasteiger partial charge in [-0.15, -0.1) is 0 Å². The number of methoxy groups -OCH3 is 1. The Bertz CT molecular complexity index is 963. The van der Waals surface area contributed by atoms with E-state index in [0.717, 1.165) is 9.87 Å². The number of hydrogen-bond acceptors (Lipinski definition) is 7. The Morgan fingerprint density at radius 1 is 1.10 bits per heavy atom. The van der Waals surface area contributed by atoms with Crippen molar-refractivity contribution in [1.29, 1.82) is 0 Å². The smallest absolute Gasteiger partial charge is 0.338 e. The largest absolute Gasteiger partial charge is 0.454 e. The number of sulfonamides is 1. The highest BCUT2D eigenvalue weighted by Gasteiger charge is 2.49. The van der Waals surface area contributed by atoms with Gasteiger partial charge in [0.05, 0.1) is 29.2 Å². The van der Waals surface area contributed by atoms with Crippen molar-refractivity contribution in [3.8, 4) is 0 Å². The second-order valence-electron chi connectivity index (χ2n) is 7.20. The first-order valence-electron chi connectivity index (χ1n) is 9.45. The molecule has 0 aliphatic carbocycles. The van der Waals surface area contributed by atoms with E-state index in [9.17, 15) is 23.4 Å². The van der Waals surface area contributed by atoms with E-state index in [1.165, 1.54) is 19.2 Å². The van der Waals surface area contributed by atoms with Crippen LogP contribution in [0, 0.1) is 6.92 Å². The zero-order valence-electron chi connectivity index (χ0n) is 16.7. The standard InChI is InChI=1S/C21H25NO7S/c1-14-8-10-16(11-9-14)30(26,27)22-12-18(23)19(24)20(17(22)13-28-2)29-21(25)15-6-4-3-5-7-15/h3-11,17-20,23-24H,12-13H2,1-2H3/t17-,18-,19-,20-/m1/s1. The van der Waals surface area contributed by atoms with Crippen LogP contribution in [0.3, 0.4) is 0 Å². The molecule has 2 aromatic rings. The number of β-amino-alcohol motifs (C(OH)–C–C–N with tert-alkyl or cyclic N) is 1. The molecule has 4 atom stereocenters. The number of hydrogen-bond donors (Lipinski definition) is 2. The highest BCUT2D eigenvalue weighted by Crippen LogP contribution is 2.29. The van der Waals surface area contributed by atoms with Crippen LogP contribution in [0.25, 0.3) is 0 Å². The van der Waals surface area contributed by atoms with Gasteiger partial charge in [-0.25, -0.2) is 13.2 Å². The van der Waals surface area contributed by atoms with Crippen LogP contribution in [0.5, 0.6) is 0 Å². The van der Waals surface area contributed by atoms with E-state index < -0.39 is 40.3 Å². The van der Waals surface area contributed by atoms with Crippen molar-refractivity contribution in [3.63, 3.8) is 0 Å². The lowest BCUT2D eigenvalue weighted by atomic mass is 9.96. The van der Waals surface area contributed by atoms with Crippen LogP contribution in [-0.4, -0.2) is 73.5 Å². The lowest BCUT2D eigenvalue weighted by Gasteiger charge is -2.44. The molecule has 8 nitrogen and oxygen atoms in total. The third-order valence-corrected chi connectivity index (χ3v) is 6.97. The van der Waals surface area contributed by atoms with Crippen molar-refractivity contribution in [2.75, 3.05) is 20.3 Å². The van der Waals surface area contributed by atoms with E-state index in [1.807, 2.05) is 6.92 Å². The minimum absolute atomic E-state index is 0.0333. The van der Waals surface area contributed by atoms with Crippen LogP contribution >= 0.6 is 0 Å². The molecule has 1 aliphatic rings. The molecule has 3 rings (SSSR count). The predicted molar refractivity (Wildman–Crippen MR) is 108 cm³/mol. The summed E-state index contributed by atoms with van der Waals surface area (Å²) in [4.78, 5) is 12.6. The summed E-state index contributed by atoms with van der Waals surface area (Å²) < 4.78 is 38.2. The Kier molecular flexibility index (Phi) is 6.89. The number of aryl methyl sites for hydroxylation is 1. The Balaban J connectivity index is 1.95. The van der Waals surface area contributed by atoms with Gasteiger partial charge in [0.15, 0.2) is 0 Å². The summed E-state index contributed by atoms with van der Waals surface area (Å²) in [7, 11) is -2.67. The first-order valence-corrected chi connectivity index (χ1v) is 10.9. The maximum absolute atomic E-state index is 13.3. The zero-order chi connectivity index (χ0) is 21.9. The lowest BCUT2D eigenvalue weighted by molar-refractivity contribution is -0.131. The maximum atomic E-state index is 13.3. The van der Waals surface area contributed by atoms with E-state index >= 15 is 0 Å². The van der Waals surface area contributed by atoms with Gasteiger partial charge < -0.3 is 19.7 Å². The SMILES string of the molecule is COC[C@@H]1[C@@H](OC(=O)c2ccccc2)[C@H](O)[C@H](O)CN1S(=O)(=O)c1ccc(C)cc1. The van der Waals surface area contributed by atoms with Crippen LogP contribution in [0.2, 0.25) is 0 Å². The van der Waals surface area contributed by atoms with Gasteiger partial charge in [0.25, 0.3) is 0 Å². The third kappa shape index (κ3) is 4.55. The molecule has 0 radical (unpaired) electrons. The number of nitrogens with zero attached hydrogens (tertiary/aromatic N) is 1. The molecule has 1 aliphatic heterocycles. The van der Waals surface area contributed by atoms with Crippen LogP contribution < -0.4 is 0 Å². The van der Waals surface area contributed by atoms with Crippen LogP contribution in [-0.2, 0) is 19.5 Å². The maximum Gasteiger partial charge on any atom is 0.338 e. The summed E-state index contributed by atoms with van der Waals surface area (Å²) in [6.07, 6.45) is -4.23. The van der Waals surface area contributed by atoms with Gasteiger partial charge in [-0.05, 0) is 31.2 Å². The number of aliphatic hydroxyl groups is 2. The predicted octanol–water partition coefficient (Wildman–Crippen LogP) is 0.962. The van der Waals surface area contributed by atoms with Crippen LogP contribution in [0.15, 0.2) is 59.5 Å². The Morgan fingerprint density at radius 2 is 1.73 bits per heavy atom. The third-order valence-electron chi connectivity index (χ3n) is 5.06. The first kappa shape index (κ1) is 22.4. The quantitative estimate of drug-likeness (QED) is 0.650. The highest BCUT2D eigenvalue weighted by atomic mass is 32.2. The second kappa shape index (κ2) is 9.23. The van der Waals surface area contributed by atoms with E-state index in [-0.39, 0.29) is 23.6 Å². The summed E-state index contributed by atoms with van der Waals surface area (Å²) in [5.74, 6) is -0.734. The molecule has 9 heteroatoms. The van der Waals surface area contributed by atoms with E-state index in [2.05, 4.69) is 0 Å². The second-order valence-corrected chi connectivity index (χ2v) is 9.09. The number of carbonyl (C=O) groups is 1. The van der Waals surface area contributed by atoms with Gasteiger partial charge in [-0.3, -0.25) is 0 Å². The van der Waals surface area contributed by atoms with E-state index in [0.29, 0.717) is 0 Å². The molecule has 2 aromatic carbocycles. The summed E-state index contributed by atoms with van der Waals surface area (Å²) in [6, 6.07) is 13.4. The van der Waals surface area contributed by atoms with Crippen molar-refractivity contribution in [1.82, 2.24) is 4.31 Å². The topological polar surface area (TPSA) is 113 Å². The fourth-order valence-electron chi connectivity index (χ4n) is 3.42. The number of piperidine rings is 1. The molecular formula is C21H25NO7S. The minimum atomic E-state index is -4.05. The molecule has 0 aromatic heterocycles. The number of ether oxygens (including phenoxy) is 2. The summed E-state index contributed by atoms with van der Waals surface area (Å²) in [5.41, 5.74) is 1.14. The molecule has 1 saturated heterocycles. The molecule has 0 amide bonds. The summed E-state index contributed by atoms with van der Waals surface area (Å²) >= 11 is 0. The molecular weight excluding hydrogens is 410 g/mol. The van der Waals surface area contributed by atoms with Crippen LogP contribution in [0.4, 0.5) is 0 Å². The van der Waals surface area contributed by atoms with E-state index in [4.69, 9.17) is 9.47 Å². The lowest BCUT2D eigenvalue weighted by Crippen LogP contribution is -2.64. The number of rotatable bonds is 6. The van der Waals surface area contributed by atoms with Gasteiger partial charge >= 0.3 is 5.97 Å². The Morgan fingerprint density at radius 3 is 2.33 bits per heavy atom. The molecule has 0 bridgehead atoms. The summed E-state index contributed by atoms with van der Waals surface area (Å²) in [6.45, 7) is 1.34. The fourth-order valence-corrected chi connectivity index (χ4v) is 5.06.